The van der Waals surface area contributed by atoms with Crippen LogP contribution in [-0.4, -0.2) is 40.3 Å². The van der Waals surface area contributed by atoms with Gasteiger partial charge in [0, 0.05) is 42.2 Å². The van der Waals surface area contributed by atoms with E-state index in [1.54, 1.807) is 6.20 Å². The average molecular weight is 422 g/mol. The van der Waals surface area contributed by atoms with E-state index in [1.807, 2.05) is 47.4 Å². The molecular weight excluding hydrogens is 398 g/mol. The smallest absolute Gasteiger partial charge is 0.255 e. The topological polar surface area (TPSA) is 62.3 Å². The van der Waals surface area contributed by atoms with Crippen molar-refractivity contribution in [2.45, 2.75) is 31.3 Å². The molecule has 3 heterocycles. The van der Waals surface area contributed by atoms with Crippen LogP contribution in [0.4, 0.5) is 0 Å². The Labute approximate surface area is 186 Å². The van der Waals surface area contributed by atoms with E-state index in [0.29, 0.717) is 18.5 Å². The van der Waals surface area contributed by atoms with Gasteiger partial charge in [-0.25, -0.2) is 0 Å². The minimum atomic E-state index is -0.0161. The summed E-state index contributed by atoms with van der Waals surface area (Å²) in [6, 6.07) is 22.4. The van der Waals surface area contributed by atoms with Crippen molar-refractivity contribution in [3.05, 3.63) is 78.5 Å². The van der Waals surface area contributed by atoms with E-state index in [2.05, 4.69) is 34.6 Å². The molecule has 6 rings (SSSR count). The zero-order valence-electron chi connectivity index (χ0n) is 17.6. The second-order valence-electron chi connectivity index (χ2n) is 8.69. The lowest BCUT2D eigenvalue weighted by Gasteiger charge is -2.28. The predicted molar refractivity (Wildman–Crippen MR) is 125 cm³/mol. The summed E-state index contributed by atoms with van der Waals surface area (Å²) in [4.78, 5) is 32.3. The van der Waals surface area contributed by atoms with Crippen molar-refractivity contribution >= 4 is 33.5 Å². The van der Waals surface area contributed by atoms with Crippen molar-refractivity contribution in [3.63, 3.8) is 0 Å². The first kappa shape index (κ1) is 19.0. The number of benzene rings is 3. The van der Waals surface area contributed by atoms with E-state index in [-0.39, 0.29) is 23.9 Å². The third-order valence-corrected chi connectivity index (χ3v) is 6.90. The third-order valence-electron chi connectivity index (χ3n) is 6.90. The molecule has 2 bridgehead atoms. The largest absolute Gasteiger partial charge is 0.354 e. The Hall–Kier alpha value is -3.73. The first-order chi connectivity index (χ1) is 15.7. The molecule has 3 aromatic carbocycles. The minimum absolute atomic E-state index is 0.0161. The van der Waals surface area contributed by atoms with Gasteiger partial charge in [0.15, 0.2) is 0 Å². The van der Waals surface area contributed by atoms with Gasteiger partial charge in [-0.3, -0.25) is 14.6 Å². The van der Waals surface area contributed by atoms with Crippen LogP contribution in [0.15, 0.2) is 72.9 Å². The van der Waals surface area contributed by atoms with Crippen molar-refractivity contribution in [2.75, 3.05) is 6.54 Å². The van der Waals surface area contributed by atoms with Gasteiger partial charge in [-0.05, 0) is 52.9 Å². The lowest BCUT2D eigenvalue weighted by atomic mass is 9.92. The summed E-state index contributed by atoms with van der Waals surface area (Å²) in [6.45, 7) is 0.542. The highest BCUT2D eigenvalue weighted by Crippen LogP contribution is 2.37. The zero-order valence-corrected chi connectivity index (χ0v) is 17.6. The fraction of sp³-hybridized carbons (Fsp3) is 0.222. The standard InChI is InChI=1S/C27H23N3O2/c31-26-15-17-10-11-18(16-29-26)30(17)27(32)24-13-12-22(19-5-1-2-6-21(19)24)20-7-3-9-25-23(20)8-4-14-28-25/h1-9,12-14,17-18H,10-11,15-16H2,(H,29,31)/t17-,18+/m1/s1. The molecule has 32 heavy (non-hydrogen) atoms. The molecule has 1 aromatic heterocycles. The monoisotopic (exact) mass is 421 g/mol. The predicted octanol–water partition coefficient (Wildman–Crippen LogP) is 4.55. The summed E-state index contributed by atoms with van der Waals surface area (Å²) >= 11 is 0. The Bertz CT molecular complexity index is 1370. The van der Waals surface area contributed by atoms with Gasteiger partial charge in [-0.15, -0.1) is 0 Å². The Morgan fingerprint density at radius 2 is 1.62 bits per heavy atom. The van der Waals surface area contributed by atoms with Gasteiger partial charge < -0.3 is 10.2 Å². The molecule has 0 aliphatic carbocycles. The molecule has 2 atom stereocenters. The van der Waals surface area contributed by atoms with E-state index < -0.39 is 0 Å². The van der Waals surface area contributed by atoms with Crippen LogP contribution in [0.5, 0.6) is 0 Å². The van der Waals surface area contributed by atoms with Gasteiger partial charge >= 0.3 is 0 Å². The molecule has 2 saturated heterocycles. The van der Waals surface area contributed by atoms with Crippen LogP contribution in [-0.2, 0) is 4.79 Å². The van der Waals surface area contributed by atoms with Gasteiger partial charge in [0.25, 0.3) is 5.91 Å². The summed E-state index contributed by atoms with van der Waals surface area (Å²) in [7, 11) is 0. The number of carbonyl (C=O) groups excluding carboxylic acids is 2. The molecule has 2 aliphatic rings. The lowest BCUT2D eigenvalue weighted by molar-refractivity contribution is -0.121. The first-order valence-electron chi connectivity index (χ1n) is 11.2. The zero-order chi connectivity index (χ0) is 21.7. The molecule has 2 aliphatic heterocycles. The van der Waals surface area contributed by atoms with E-state index in [4.69, 9.17) is 0 Å². The molecule has 5 heteroatoms. The maximum absolute atomic E-state index is 13.8. The van der Waals surface area contributed by atoms with Crippen LogP contribution < -0.4 is 5.32 Å². The number of rotatable bonds is 2. The molecule has 2 amide bonds. The molecule has 2 fully saturated rings. The van der Waals surface area contributed by atoms with Crippen molar-refractivity contribution < 1.29 is 9.59 Å². The summed E-state index contributed by atoms with van der Waals surface area (Å²) in [5.41, 5.74) is 3.85. The number of hydrogen-bond acceptors (Lipinski definition) is 3. The Morgan fingerprint density at radius 1 is 0.844 bits per heavy atom. The summed E-state index contributed by atoms with van der Waals surface area (Å²) in [6.07, 6.45) is 4.03. The SMILES string of the molecule is O=C1C[C@H]2CC[C@@H](CN1)N2C(=O)c1ccc(-c2cccc3ncccc23)c2ccccc12. The van der Waals surface area contributed by atoms with E-state index in [1.165, 1.54) is 0 Å². The average Bonchev–Trinajstić information content (AvgIpc) is 3.15. The number of fused-ring (bicyclic) bond motifs is 4. The highest BCUT2D eigenvalue weighted by molar-refractivity contribution is 6.13. The van der Waals surface area contributed by atoms with Gasteiger partial charge in [-0.2, -0.15) is 0 Å². The normalized spacial score (nSPS) is 20.4. The van der Waals surface area contributed by atoms with Crippen LogP contribution in [0.3, 0.4) is 0 Å². The summed E-state index contributed by atoms with van der Waals surface area (Å²) in [5, 5.41) is 6.04. The molecular formula is C27H23N3O2. The number of nitrogens with one attached hydrogen (secondary N) is 1. The fourth-order valence-electron chi connectivity index (χ4n) is 5.41. The highest BCUT2D eigenvalue weighted by Gasteiger charge is 2.40. The van der Waals surface area contributed by atoms with Crippen molar-refractivity contribution in [1.82, 2.24) is 15.2 Å². The van der Waals surface area contributed by atoms with Gasteiger partial charge in [0.05, 0.1) is 5.52 Å². The van der Waals surface area contributed by atoms with Crippen LogP contribution >= 0.6 is 0 Å². The number of amides is 2. The van der Waals surface area contributed by atoms with Crippen molar-refractivity contribution in [3.8, 4) is 11.1 Å². The quantitative estimate of drug-likeness (QED) is 0.517. The van der Waals surface area contributed by atoms with E-state index >= 15 is 0 Å². The molecule has 0 unspecified atom stereocenters. The minimum Gasteiger partial charge on any atom is -0.354 e. The Morgan fingerprint density at radius 3 is 2.53 bits per heavy atom. The van der Waals surface area contributed by atoms with Crippen molar-refractivity contribution in [1.29, 1.82) is 0 Å². The van der Waals surface area contributed by atoms with Crippen LogP contribution in [0.1, 0.15) is 29.6 Å². The molecule has 0 spiro atoms. The second-order valence-corrected chi connectivity index (χ2v) is 8.69. The molecule has 5 nitrogen and oxygen atoms in total. The summed E-state index contributed by atoms with van der Waals surface area (Å²) in [5.74, 6) is 0.0658. The van der Waals surface area contributed by atoms with Gasteiger partial charge in [-0.1, -0.05) is 48.5 Å². The van der Waals surface area contributed by atoms with E-state index in [0.717, 1.165) is 45.6 Å². The Balaban J connectivity index is 1.50. The van der Waals surface area contributed by atoms with Gasteiger partial charge in [0.1, 0.15) is 0 Å². The molecule has 0 radical (unpaired) electrons. The maximum Gasteiger partial charge on any atom is 0.255 e. The van der Waals surface area contributed by atoms with Crippen LogP contribution in [0.2, 0.25) is 0 Å². The number of nitrogens with zero attached hydrogens (tertiary/aromatic N) is 2. The number of aromatic nitrogens is 1. The molecule has 0 saturated carbocycles. The van der Waals surface area contributed by atoms with Crippen LogP contribution in [0, 0.1) is 0 Å². The third kappa shape index (κ3) is 2.96. The fourth-order valence-corrected chi connectivity index (χ4v) is 5.41. The van der Waals surface area contributed by atoms with Crippen molar-refractivity contribution in [2.24, 2.45) is 0 Å². The van der Waals surface area contributed by atoms with E-state index in [9.17, 15) is 9.59 Å². The number of hydrogen-bond donors (Lipinski definition) is 1. The van der Waals surface area contributed by atoms with Gasteiger partial charge in [0.2, 0.25) is 5.91 Å². The highest BCUT2D eigenvalue weighted by atomic mass is 16.2. The summed E-state index contributed by atoms with van der Waals surface area (Å²) < 4.78 is 0. The Kier molecular flexibility index (Phi) is 4.42. The first-order valence-corrected chi connectivity index (χ1v) is 11.2. The molecule has 1 N–H and O–H groups in total. The maximum atomic E-state index is 13.8. The molecule has 4 aromatic rings. The number of carbonyl (C=O) groups is 2. The van der Waals surface area contributed by atoms with Crippen LogP contribution in [0.25, 0.3) is 32.8 Å². The lowest BCUT2D eigenvalue weighted by Crippen LogP contribution is -2.42. The number of pyridine rings is 1. The second kappa shape index (κ2) is 7.45. The molecule has 158 valence electrons.